The average Bonchev–Trinajstić information content (AvgIpc) is 2.96. The summed E-state index contributed by atoms with van der Waals surface area (Å²) in [6, 6.07) is 6.50. The molecule has 4 N–H and O–H groups in total. The van der Waals surface area contributed by atoms with E-state index in [9.17, 15) is 19.5 Å². The summed E-state index contributed by atoms with van der Waals surface area (Å²) in [7, 11) is 0. The molecule has 2 rings (SSSR count). The highest BCUT2D eigenvalue weighted by molar-refractivity contribution is 5.89. The van der Waals surface area contributed by atoms with E-state index < -0.39 is 17.9 Å². The van der Waals surface area contributed by atoms with E-state index in [0.29, 0.717) is 12.8 Å². The number of benzene rings is 1. The van der Waals surface area contributed by atoms with Crippen molar-refractivity contribution in [2.45, 2.75) is 32.2 Å². The largest absolute Gasteiger partial charge is 0.480 e. The second kappa shape index (κ2) is 8.14. The molecule has 2 aromatic rings. The van der Waals surface area contributed by atoms with Crippen molar-refractivity contribution in [1.82, 2.24) is 15.6 Å². The number of aromatic amines is 1. The minimum atomic E-state index is -1.12. The quantitative estimate of drug-likeness (QED) is 0.582. The predicted molar refractivity (Wildman–Crippen MR) is 89.5 cm³/mol. The molecule has 1 heterocycles. The van der Waals surface area contributed by atoms with Gasteiger partial charge < -0.3 is 20.7 Å². The summed E-state index contributed by atoms with van der Waals surface area (Å²) in [5.41, 5.74) is 1.73. The van der Waals surface area contributed by atoms with Crippen molar-refractivity contribution in [1.29, 1.82) is 0 Å². The Balaban J connectivity index is 1.98. The number of aromatic nitrogens is 1. The fourth-order valence-electron chi connectivity index (χ4n) is 2.46. The minimum absolute atomic E-state index is 0.161. The molecule has 7 heteroatoms. The maximum absolute atomic E-state index is 11.9. The van der Waals surface area contributed by atoms with Gasteiger partial charge in [0.2, 0.25) is 11.8 Å². The van der Waals surface area contributed by atoms with Crippen LogP contribution in [0, 0.1) is 0 Å². The van der Waals surface area contributed by atoms with Gasteiger partial charge in [-0.1, -0.05) is 25.1 Å². The molecule has 128 valence electrons. The highest BCUT2D eigenvalue weighted by Crippen LogP contribution is 2.19. The van der Waals surface area contributed by atoms with Gasteiger partial charge in [-0.05, 0) is 18.1 Å². The first-order chi connectivity index (χ1) is 11.5. The van der Waals surface area contributed by atoms with Gasteiger partial charge in [-0.2, -0.15) is 0 Å². The Kier molecular flexibility index (Phi) is 5.95. The molecule has 0 bridgehead atoms. The minimum Gasteiger partial charge on any atom is -0.480 e. The summed E-state index contributed by atoms with van der Waals surface area (Å²) >= 11 is 0. The summed E-state index contributed by atoms with van der Waals surface area (Å²) in [5.74, 6) is -1.86. The van der Waals surface area contributed by atoms with Gasteiger partial charge in [0, 0.05) is 29.9 Å². The number of para-hydroxylation sites is 1. The van der Waals surface area contributed by atoms with Crippen molar-refractivity contribution in [3.05, 3.63) is 36.0 Å². The Morgan fingerprint density at radius 3 is 2.67 bits per heavy atom. The number of amides is 2. The van der Waals surface area contributed by atoms with Gasteiger partial charge in [-0.25, -0.2) is 4.79 Å². The molecule has 0 radical (unpaired) electrons. The molecule has 0 spiro atoms. The maximum Gasteiger partial charge on any atom is 0.326 e. The zero-order valence-electron chi connectivity index (χ0n) is 13.5. The summed E-state index contributed by atoms with van der Waals surface area (Å²) in [6.45, 7) is 1.64. The Morgan fingerprint density at radius 2 is 1.96 bits per heavy atom. The third kappa shape index (κ3) is 4.58. The van der Waals surface area contributed by atoms with Crippen LogP contribution in [-0.2, 0) is 20.8 Å². The number of aliphatic carboxylic acids is 1. The summed E-state index contributed by atoms with van der Waals surface area (Å²) in [5, 5.41) is 15.2. The molecule has 0 saturated heterocycles. The topological polar surface area (TPSA) is 111 Å². The van der Waals surface area contributed by atoms with Gasteiger partial charge in [0.1, 0.15) is 6.04 Å². The summed E-state index contributed by atoms with van der Waals surface area (Å²) < 4.78 is 0. The Morgan fingerprint density at radius 1 is 1.21 bits per heavy atom. The van der Waals surface area contributed by atoms with Crippen LogP contribution in [0.2, 0.25) is 0 Å². The standard InChI is InChI=1S/C17H21N3O4/c1-2-5-15(21)19-10-16(22)20-14(17(23)24)8-11-9-18-13-7-4-3-6-12(11)13/h3-4,6-7,9,14,18H,2,5,8,10H2,1H3,(H,19,21)(H,20,22)(H,23,24). The summed E-state index contributed by atoms with van der Waals surface area (Å²) in [6.07, 6.45) is 2.93. The van der Waals surface area contributed by atoms with Crippen LogP contribution in [-0.4, -0.2) is 40.5 Å². The molecule has 2 amide bonds. The van der Waals surface area contributed by atoms with E-state index in [2.05, 4.69) is 15.6 Å². The van der Waals surface area contributed by atoms with E-state index in [4.69, 9.17) is 0 Å². The molecule has 7 nitrogen and oxygen atoms in total. The van der Waals surface area contributed by atoms with Crippen molar-refractivity contribution < 1.29 is 19.5 Å². The Bertz CT molecular complexity index is 738. The fourth-order valence-corrected chi connectivity index (χ4v) is 2.46. The van der Waals surface area contributed by atoms with Crippen molar-refractivity contribution in [3.63, 3.8) is 0 Å². The molecular formula is C17H21N3O4. The number of hydrogen-bond acceptors (Lipinski definition) is 3. The number of carboxylic acids is 1. The first kappa shape index (κ1) is 17.5. The van der Waals surface area contributed by atoms with E-state index in [1.54, 1.807) is 6.20 Å². The lowest BCUT2D eigenvalue weighted by Gasteiger charge is -2.14. The van der Waals surface area contributed by atoms with Gasteiger partial charge >= 0.3 is 5.97 Å². The average molecular weight is 331 g/mol. The molecule has 1 atom stereocenters. The number of H-pyrrole nitrogens is 1. The van der Waals surface area contributed by atoms with E-state index in [1.165, 1.54) is 0 Å². The van der Waals surface area contributed by atoms with Crippen LogP contribution in [0.4, 0.5) is 0 Å². The predicted octanol–water partition coefficient (Wildman–Crippen LogP) is 1.20. The zero-order valence-corrected chi connectivity index (χ0v) is 13.5. The van der Waals surface area contributed by atoms with Crippen LogP contribution >= 0.6 is 0 Å². The van der Waals surface area contributed by atoms with E-state index >= 15 is 0 Å². The Labute approximate surface area is 139 Å². The molecular weight excluding hydrogens is 310 g/mol. The van der Waals surface area contributed by atoms with Gasteiger partial charge in [-0.15, -0.1) is 0 Å². The smallest absolute Gasteiger partial charge is 0.326 e. The van der Waals surface area contributed by atoms with Crippen molar-refractivity contribution in [3.8, 4) is 0 Å². The third-order valence-corrected chi connectivity index (χ3v) is 3.66. The van der Waals surface area contributed by atoms with Crippen molar-refractivity contribution in [2.75, 3.05) is 6.54 Å². The second-order valence-electron chi connectivity index (χ2n) is 5.55. The normalized spacial score (nSPS) is 11.9. The molecule has 0 saturated carbocycles. The zero-order chi connectivity index (χ0) is 17.5. The third-order valence-electron chi connectivity index (χ3n) is 3.66. The lowest BCUT2D eigenvalue weighted by atomic mass is 10.0. The number of carbonyl (C=O) groups excluding carboxylic acids is 2. The lowest BCUT2D eigenvalue weighted by Crippen LogP contribution is -2.46. The van der Waals surface area contributed by atoms with Crippen LogP contribution in [0.5, 0.6) is 0 Å². The van der Waals surface area contributed by atoms with E-state index in [0.717, 1.165) is 16.5 Å². The maximum atomic E-state index is 11.9. The molecule has 0 aliphatic carbocycles. The molecule has 1 unspecified atom stereocenters. The van der Waals surface area contributed by atoms with Crippen LogP contribution in [0.25, 0.3) is 10.9 Å². The number of hydrogen-bond donors (Lipinski definition) is 4. The molecule has 0 aliphatic heterocycles. The molecule has 24 heavy (non-hydrogen) atoms. The Hall–Kier alpha value is -2.83. The lowest BCUT2D eigenvalue weighted by molar-refractivity contribution is -0.141. The van der Waals surface area contributed by atoms with Gasteiger partial charge in [0.05, 0.1) is 6.54 Å². The van der Waals surface area contributed by atoms with Crippen molar-refractivity contribution in [2.24, 2.45) is 0 Å². The number of carbonyl (C=O) groups is 3. The highest BCUT2D eigenvalue weighted by Gasteiger charge is 2.21. The fraction of sp³-hybridized carbons (Fsp3) is 0.353. The van der Waals surface area contributed by atoms with Gasteiger partial charge in [-0.3, -0.25) is 9.59 Å². The second-order valence-corrected chi connectivity index (χ2v) is 5.55. The van der Waals surface area contributed by atoms with E-state index in [1.807, 2.05) is 31.2 Å². The number of nitrogens with one attached hydrogen (secondary N) is 3. The van der Waals surface area contributed by atoms with Crippen molar-refractivity contribution >= 4 is 28.7 Å². The van der Waals surface area contributed by atoms with Gasteiger partial charge in [0.15, 0.2) is 0 Å². The van der Waals surface area contributed by atoms with Crippen LogP contribution in [0.3, 0.4) is 0 Å². The molecule has 0 fully saturated rings. The highest BCUT2D eigenvalue weighted by atomic mass is 16.4. The molecule has 1 aromatic carbocycles. The van der Waals surface area contributed by atoms with Crippen LogP contribution in [0.15, 0.2) is 30.5 Å². The summed E-state index contributed by atoms with van der Waals surface area (Å²) in [4.78, 5) is 37.7. The van der Waals surface area contributed by atoms with E-state index in [-0.39, 0.29) is 18.9 Å². The van der Waals surface area contributed by atoms with Crippen LogP contribution in [0.1, 0.15) is 25.3 Å². The van der Waals surface area contributed by atoms with Crippen LogP contribution < -0.4 is 10.6 Å². The first-order valence-corrected chi connectivity index (χ1v) is 7.85. The first-order valence-electron chi connectivity index (χ1n) is 7.85. The van der Waals surface area contributed by atoms with Gasteiger partial charge in [0.25, 0.3) is 0 Å². The molecule has 1 aromatic heterocycles. The molecule has 0 aliphatic rings. The number of fused-ring (bicyclic) bond motifs is 1. The number of rotatable bonds is 8. The SMILES string of the molecule is CCCC(=O)NCC(=O)NC(Cc1c[nH]c2ccccc12)C(=O)O. The monoisotopic (exact) mass is 331 g/mol. The number of carboxylic acid groups (broad SMARTS) is 1.